The minimum Gasteiger partial charge on any atom is -0.395 e. The van der Waals surface area contributed by atoms with E-state index in [1.807, 2.05) is 42.7 Å². The van der Waals surface area contributed by atoms with Gasteiger partial charge in [-0.25, -0.2) is 9.97 Å². The molecule has 3 aromatic heterocycles. The van der Waals surface area contributed by atoms with Crippen molar-refractivity contribution in [2.75, 3.05) is 44.2 Å². The van der Waals surface area contributed by atoms with Crippen molar-refractivity contribution in [2.45, 2.75) is 0 Å². The zero-order chi connectivity index (χ0) is 21.8. The number of aliphatic hydroxyl groups excluding tert-OH is 1. The lowest BCUT2D eigenvalue weighted by atomic mass is 10.1. The molecule has 5 rings (SSSR count). The summed E-state index contributed by atoms with van der Waals surface area (Å²) in [5, 5.41) is 11.3. The molecule has 1 aromatic carbocycles. The Morgan fingerprint density at radius 3 is 2.41 bits per heavy atom. The molecule has 0 bridgehead atoms. The van der Waals surface area contributed by atoms with Crippen molar-refractivity contribution >= 4 is 17.2 Å². The number of piperazine rings is 1. The van der Waals surface area contributed by atoms with Crippen LogP contribution in [0.25, 0.3) is 33.1 Å². The third kappa shape index (κ3) is 4.55. The molecule has 1 aliphatic heterocycles. The monoisotopic (exact) mass is 443 g/mol. The number of aromatic nitrogens is 3. The van der Waals surface area contributed by atoms with Gasteiger partial charge in [0.15, 0.2) is 5.82 Å². The number of rotatable bonds is 6. The summed E-state index contributed by atoms with van der Waals surface area (Å²) in [5.41, 5.74) is 3.95. The zero-order valence-electron chi connectivity index (χ0n) is 17.8. The molecule has 0 unspecified atom stereocenters. The highest BCUT2D eigenvalue weighted by molar-refractivity contribution is 7.13. The van der Waals surface area contributed by atoms with Crippen molar-refractivity contribution in [3.05, 3.63) is 72.4 Å². The van der Waals surface area contributed by atoms with E-state index in [1.165, 1.54) is 4.88 Å². The molecule has 4 heterocycles. The van der Waals surface area contributed by atoms with E-state index in [1.54, 1.807) is 11.3 Å². The van der Waals surface area contributed by atoms with E-state index < -0.39 is 0 Å². The molecule has 0 aliphatic carbocycles. The third-order valence-electron chi connectivity index (χ3n) is 5.70. The Morgan fingerprint density at radius 1 is 0.844 bits per heavy atom. The third-order valence-corrected chi connectivity index (χ3v) is 6.62. The maximum absolute atomic E-state index is 9.24. The van der Waals surface area contributed by atoms with Gasteiger partial charge in [0.1, 0.15) is 5.82 Å². The van der Waals surface area contributed by atoms with Gasteiger partial charge < -0.3 is 10.0 Å². The molecule has 1 saturated heterocycles. The summed E-state index contributed by atoms with van der Waals surface area (Å²) >= 11 is 1.71. The van der Waals surface area contributed by atoms with Crippen molar-refractivity contribution in [2.24, 2.45) is 0 Å². The standard InChI is InChI=1S/C25H25N5OS/c31-13-12-29-8-10-30(11-9-29)24-16-22(27-25(28-24)19-5-2-1-3-6-19)20-15-21(18-26-17-20)23-7-4-14-32-23/h1-7,14-18,31H,8-13H2. The smallest absolute Gasteiger partial charge is 0.162 e. The molecule has 0 saturated carbocycles. The normalized spacial score (nSPS) is 14.6. The molecule has 0 spiro atoms. The van der Waals surface area contributed by atoms with Crippen molar-refractivity contribution in [1.29, 1.82) is 0 Å². The molecule has 0 radical (unpaired) electrons. The average molecular weight is 444 g/mol. The Kier molecular flexibility index (Phi) is 6.20. The second-order valence-corrected chi connectivity index (χ2v) is 8.74. The molecular weight excluding hydrogens is 418 g/mol. The molecule has 1 fully saturated rings. The van der Waals surface area contributed by atoms with E-state index in [4.69, 9.17) is 9.97 Å². The second-order valence-electron chi connectivity index (χ2n) is 7.79. The largest absolute Gasteiger partial charge is 0.395 e. The minimum absolute atomic E-state index is 0.198. The first-order valence-corrected chi connectivity index (χ1v) is 11.7. The summed E-state index contributed by atoms with van der Waals surface area (Å²) in [5.74, 6) is 1.65. The Balaban J connectivity index is 1.53. The molecule has 32 heavy (non-hydrogen) atoms. The number of β-amino-alcohol motifs (C(OH)–C–C–N with tert-alkyl or cyclic N) is 1. The first-order chi connectivity index (χ1) is 15.8. The Morgan fingerprint density at radius 2 is 1.66 bits per heavy atom. The molecule has 1 aliphatic rings. The lowest BCUT2D eigenvalue weighted by molar-refractivity contribution is 0.188. The Labute approximate surface area is 191 Å². The number of benzene rings is 1. The van der Waals surface area contributed by atoms with Gasteiger partial charge in [-0.15, -0.1) is 11.3 Å². The first kappa shape index (κ1) is 20.8. The Hall–Kier alpha value is -3.13. The van der Waals surface area contributed by atoms with Crippen LogP contribution in [0.1, 0.15) is 0 Å². The first-order valence-electron chi connectivity index (χ1n) is 10.8. The highest BCUT2D eigenvalue weighted by atomic mass is 32.1. The van der Waals surface area contributed by atoms with Gasteiger partial charge in [0.25, 0.3) is 0 Å². The fraction of sp³-hybridized carbons (Fsp3) is 0.240. The van der Waals surface area contributed by atoms with E-state index in [9.17, 15) is 5.11 Å². The number of hydrogen-bond acceptors (Lipinski definition) is 7. The van der Waals surface area contributed by atoms with E-state index in [0.717, 1.165) is 66.8 Å². The number of hydrogen-bond donors (Lipinski definition) is 1. The SMILES string of the molecule is OCCN1CCN(c2cc(-c3cncc(-c4cccs4)c3)nc(-c3ccccc3)n2)CC1. The predicted molar refractivity (Wildman–Crippen MR) is 130 cm³/mol. The van der Waals surface area contributed by atoms with Crippen molar-refractivity contribution in [3.63, 3.8) is 0 Å². The van der Waals surface area contributed by atoms with Crippen LogP contribution in [-0.2, 0) is 0 Å². The summed E-state index contributed by atoms with van der Waals surface area (Å²) < 4.78 is 0. The molecule has 162 valence electrons. The molecule has 7 heteroatoms. The highest BCUT2D eigenvalue weighted by Gasteiger charge is 2.20. The van der Waals surface area contributed by atoms with Crippen molar-refractivity contribution < 1.29 is 5.11 Å². The van der Waals surface area contributed by atoms with Crippen LogP contribution in [0, 0.1) is 0 Å². The lowest BCUT2D eigenvalue weighted by Crippen LogP contribution is -2.47. The molecule has 0 atom stereocenters. The van der Waals surface area contributed by atoms with Crippen LogP contribution >= 0.6 is 11.3 Å². The summed E-state index contributed by atoms with van der Waals surface area (Å²) in [6.45, 7) is 4.49. The Bertz CT molecular complexity index is 1160. The topological polar surface area (TPSA) is 65.4 Å². The number of nitrogens with zero attached hydrogens (tertiary/aromatic N) is 5. The molecule has 1 N–H and O–H groups in total. The molecule has 4 aromatic rings. The van der Waals surface area contributed by atoms with E-state index in [0.29, 0.717) is 0 Å². The molecule has 6 nitrogen and oxygen atoms in total. The summed E-state index contributed by atoms with van der Waals surface area (Å²) in [4.78, 5) is 20.1. The summed E-state index contributed by atoms with van der Waals surface area (Å²) in [6, 6.07) is 18.5. The quantitative estimate of drug-likeness (QED) is 0.485. The predicted octanol–water partition coefficient (Wildman–Crippen LogP) is 4.05. The zero-order valence-corrected chi connectivity index (χ0v) is 18.6. The number of pyridine rings is 1. The van der Waals surface area contributed by atoms with Gasteiger partial charge in [0.05, 0.1) is 12.3 Å². The number of thiophene rings is 1. The minimum atomic E-state index is 0.198. The van der Waals surface area contributed by atoms with Gasteiger partial charge in [-0.1, -0.05) is 36.4 Å². The van der Waals surface area contributed by atoms with Crippen LogP contribution in [0.15, 0.2) is 72.4 Å². The number of aliphatic hydroxyl groups is 1. The maximum atomic E-state index is 9.24. The van der Waals surface area contributed by atoms with Crippen molar-refractivity contribution in [1.82, 2.24) is 19.9 Å². The van der Waals surface area contributed by atoms with Crippen molar-refractivity contribution in [3.8, 4) is 33.1 Å². The van der Waals surface area contributed by atoms with Gasteiger partial charge in [-0.2, -0.15) is 0 Å². The second kappa shape index (κ2) is 9.56. The van der Waals surface area contributed by atoms with Gasteiger partial charge in [0.2, 0.25) is 0 Å². The average Bonchev–Trinajstić information content (AvgIpc) is 3.40. The maximum Gasteiger partial charge on any atom is 0.162 e. The van der Waals surface area contributed by atoms with E-state index in [-0.39, 0.29) is 6.61 Å². The van der Waals surface area contributed by atoms with Crippen LogP contribution in [0.5, 0.6) is 0 Å². The molecule has 0 amide bonds. The van der Waals surface area contributed by atoms with Crippen LogP contribution in [0.3, 0.4) is 0 Å². The van der Waals surface area contributed by atoms with Crippen LogP contribution in [0.2, 0.25) is 0 Å². The fourth-order valence-corrected chi connectivity index (χ4v) is 4.67. The van der Waals surface area contributed by atoms with E-state index in [2.05, 4.69) is 44.4 Å². The lowest BCUT2D eigenvalue weighted by Gasteiger charge is -2.35. The van der Waals surface area contributed by atoms with Gasteiger partial charge in [-0.05, 0) is 17.5 Å². The van der Waals surface area contributed by atoms with Gasteiger partial charge in [-0.3, -0.25) is 9.88 Å². The van der Waals surface area contributed by atoms with Crippen LogP contribution in [-0.4, -0.2) is 64.3 Å². The van der Waals surface area contributed by atoms with Gasteiger partial charge in [0, 0.05) is 72.8 Å². The van der Waals surface area contributed by atoms with E-state index >= 15 is 0 Å². The number of anilines is 1. The molecular formula is C25H25N5OS. The van der Waals surface area contributed by atoms with Gasteiger partial charge >= 0.3 is 0 Å². The highest BCUT2D eigenvalue weighted by Crippen LogP contribution is 2.30. The van der Waals surface area contributed by atoms with Crippen LogP contribution in [0.4, 0.5) is 5.82 Å². The van der Waals surface area contributed by atoms with Crippen LogP contribution < -0.4 is 4.90 Å². The fourth-order valence-electron chi connectivity index (χ4n) is 3.96. The summed E-state index contributed by atoms with van der Waals surface area (Å²) in [7, 11) is 0. The summed E-state index contributed by atoms with van der Waals surface area (Å²) in [6.07, 6.45) is 3.77.